The number of nitrogens with zero attached hydrogens (tertiary/aromatic N) is 1. The van der Waals surface area contributed by atoms with Gasteiger partial charge in [-0.1, -0.05) is 19.9 Å². The molecule has 0 spiro atoms. The third kappa shape index (κ3) is 1.56. The molecule has 53 valence electrons. The lowest BCUT2D eigenvalue weighted by Crippen LogP contribution is -2.11. The van der Waals surface area contributed by atoms with Gasteiger partial charge in [-0.05, 0) is 24.0 Å². The molecule has 1 nitrogen and oxygen atoms in total. The molecule has 1 aromatic heterocycles. The third-order valence-electron chi connectivity index (χ3n) is 1.44. The van der Waals surface area contributed by atoms with Gasteiger partial charge in [0.05, 0.1) is 0 Å². The van der Waals surface area contributed by atoms with Crippen molar-refractivity contribution >= 4 is 0 Å². The lowest BCUT2D eigenvalue weighted by molar-refractivity contribution is 0.661. The van der Waals surface area contributed by atoms with Crippen molar-refractivity contribution in [2.45, 2.75) is 19.3 Å². The zero-order valence-corrected chi connectivity index (χ0v) is 6.46. The molecule has 0 aliphatic carbocycles. The summed E-state index contributed by atoms with van der Waals surface area (Å²) in [4.78, 5) is 4.01. The van der Waals surface area contributed by atoms with E-state index in [-0.39, 0.29) is 5.41 Å². The van der Waals surface area contributed by atoms with Gasteiger partial charge >= 0.3 is 0 Å². The molecule has 0 aliphatic rings. The Morgan fingerprint density at radius 2 is 2.20 bits per heavy atom. The molecule has 1 heteroatoms. The molecule has 0 N–H and O–H groups in total. The Labute approximate surface area is 62.1 Å². The summed E-state index contributed by atoms with van der Waals surface area (Å²) in [5, 5.41) is 0. The zero-order valence-electron chi connectivity index (χ0n) is 6.46. The molecule has 1 radical (unpaired) electrons. The molecule has 0 fully saturated rings. The first-order valence-corrected chi connectivity index (χ1v) is 3.36. The fourth-order valence-electron chi connectivity index (χ4n) is 0.763. The van der Waals surface area contributed by atoms with Crippen LogP contribution in [0.2, 0.25) is 0 Å². The quantitative estimate of drug-likeness (QED) is 0.573. The van der Waals surface area contributed by atoms with Gasteiger partial charge in [-0.2, -0.15) is 0 Å². The van der Waals surface area contributed by atoms with Crippen molar-refractivity contribution in [1.29, 1.82) is 0 Å². The molecule has 1 rings (SSSR count). The maximum absolute atomic E-state index is 4.01. The van der Waals surface area contributed by atoms with Crippen molar-refractivity contribution < 1.29 is 0 Å². The van der Waals surface area contributed by atoms with Crippen molar-refractivity contribution in [2.75, 3.05) is 0 Å². The molecule has 0 saturated heterocycles. The minimum atomic E-state index is -0.0196. The van der Waals surface area contributed by atoms with Gasteiger partial charge in [0.2, 0.25) is 0 Å². The Bertz CT molecular complexity index is 196. The number of aromatic nitrogens is 1. The lowest BCUT2D eigenvalue weighted by Gasteiger charge is -2.17. The molecule has 0 unspecified atom stereocenters. The number of pyridine rings is 1. The monoisotopic (exact) mass is 134 g/mol. The summed E-state index contributed by atoms with van der Waals surface area (Å²) in [7, 11) is 0. The largest absolute Gasteiger partial charge is 0.264 e. The Hall–Kier alpha value is -0.850. The maximum atomic E-state index is 4.01. The smallest absolute Gasteiger partial charge is 0.0305 e. The van der Waals surface area contributed by atoms with Crippen LogP contribution in [0.25, 0.3) is 0 Å². The highest BCUT2D eigenvalue weighted by atomic mass is 14.6. The summed E-state index contributed by atoms with van der Waals surface area (Å²) in [5.41, 5.74) is 1.16. The first-order chi connectivity index (χ1) is 4.61. The highest BCUT2D eigenvalue weighted by Crippen LogP contribution is 2.19. The lowest BCUT2D eigenvalue weighted by atomic mass is 9.88. The number of rotatable bonds is 1. The summed E-state index contributed by atoms with van der Waals surface area (Å²) < 4.78 is 0. The normalized spacial score (nSPS) is 11.5. The second-order valence-corrected chi connectivity index (χ2v) is 3.13. The van der Waals surface area contributed by atoms with E-state index in [9.17, 15) is 0 Å². The van der Waals surface area contributed by atoms with Crippen molar-refractivity contribution in [3.63, 3.8) is 0 Å². The first kappa shape index (κ1) is 7.26. The summed E-state index contributed by atoms with van der Waals surface area (Å²) in [6.07, 6.45) is 3.63. The first-order valence-electron chi connectivity index (χ1n) is 3.36. The highest BCUT2D eigenvalue weighted by molar-refractivity contribution is 5.20. The van der Waals surface area contributed by atoms with Crippen molar-refractivity contribution in [3.8, 4) is 0 Å². The van der Waals surface area contributed by atoms with Crippen LogP contribution in [0.1, 0.15) is 19.4 Å². The standard InChI is InChI=1S/C9H12N/c1-9(2,3)8-5-4-6-10-7-8/h4-7H,1H2,2-3H3. The Morgan fingerprint density at radius 3 is 2.50 bits per heavy atom. The molecule has 0 atom stereocenters. The summed E-state index contributed by atoms with van der Waals surface area (Å²) in [5.74, 6) is 0. The summed E-state index contributed by atoms with van der Waals surface area (Å²) in [6.45, 7) is 8.15. The van der Waals surface area contributed by atoms with Crippen LogP contribution in [0.4, 0.5) is 0 Å². The molecular weight excluding hydrogens is 122 g/mol. The molecule has 0 aliphatic heterocycles. The van der Waals surface area contributed by atoms with Gasteiger partial charge < -0.3 is 0 Å². The van der Waals surface area contributed by atoms with Gasteiger partial charge in [-0.25, -0.2) is 0 Å². The van der Waals surface area contributed by atoms with Crippen LogP contribution in [0.15, 0.2) is 24.5 Å². The highest BCUT2D eigenvalue weighted by Gasteiger charge is 2.12. The minimum absolute atomic E-state index is 0.0196. The van der Waals surface area contributed by atoms with Crippen LogP contribution in [0.3, 0.4) is 0 Å². The van der Waals surface area contributed by atoms with E-state index < -0.39 is 0 Å². The Morgan fingerprint density at radius 1 is 1.50 bits per heavy atom. The van der Waals surface area contributed by atoms with E-state index in [1.807, 2.05) is 18.3 Å². The average molecular weight is 134 g/mol. The van der Waals surface area contributed by atoms with Crippen LogP contribution < -0.4 is 0 Å². The molecule has 1 heterocycles. The van der Waals surface area contributed by atoms with Crippen LogP contribution in [-0.2, 0) is 5.41 Å². The number of hydrogen-bond acceptors (Lipinski definition) is 1. The van der Waals surface area contributed by atoms with Gasteiger partial charge in [0, 0.05) is 12.4 Å². The van der Waals surface area contributed by atoms with Crippen LogP contribution in [0, 0.1) is 6.92 Å². The van der Waals surface area contributed by atoms with E-state index in [4.69, 9.17) is 0 Å². The maximum Gasteiger partial charge on any atom is 0.0305 e. The summed E-state index contributed by atoms with van der Waals surface area (Å²) >= 11 is 0. The molecule has 0 bridgehead atoms. The van der Waals surface area contributed by atoms with E-state index in [1.165, 1.54) is 5.56 Å². The molecule has 0 saturated carbocycles. The fraction of sp³-hybridized carbons (Fsp3) is 0.333. The Balaban J connectivity index is 2.97. The SMILES string of the molecule is [CH2]C(C)(C)c1cccnc1. The van der Waals surface area contributed by atoms with Crippen molar-refractivity contribution in [3.05, 3.63) is 37.0 Å². The van der Waals surface area contributed by atoms with E-state index in [0.717, 1.165) is 0 Å². The summed E-state index contributed by atoms with van der Waals surface area (Å²) in [6, 6.07) is 3.97. The van der Waals surface area contributed by atoms with Gasteiger partial charge in [0.25, 0.3) is 0 Å². The fourth-order valence-corrected chi connectivity index (χ4v) is 0.763. The van der Waals surface area contributed by atoms with Gasteiger partial charge in [-0.3, -0.25) is 4.98 Å². The van der Waals surface area contributed by atoms with Crippen molar-refractivity contribution in [2.24, 2.45) is 0 Å². The van der Waals surface area contributed by atoms with E-state index in [2.05, 4.69) is 25.8 Å². The van der Waals surface area contributed by atoms with Gasteiger partial charge in [0.1, 0.15) is 0 Å². The average Bonchev–Trinajstić information content (AvgIpc) is 1.88. The predicted molar refractivity (Wildman–Crippen MR) is 42.6 cm³/mol. The van der Waals surface area contributed by atoms with Crippen LogP contribution >= 0.6 is 0 Å². The second kappa shape index (κ2) is 2.41. The molecule has 10 heavy (non-hydrogen) atoms. The van der Waals surface area contributed by atoms with Gasteiger partial charge in [0.15, 0.2) is 0 Å². The van der Waals surface area contributed by atoms with Crippen molar-refractivity contribution in [1.82, 2.24) is 4.98 Å². The van der Waals surface area contributed by atoms with Crippen LogP contribution in [0.5, 0.6) is 0 Å². The van der Waals surface area contributed by atoms with E-state index in [1.54, 1.807) is 6.20 Å². The topological polar surface area (TPSA) is 12.9 Å². The van der Waals surface area contributed by atoms with E-state index >= 15 is 0 Å². The Kier molecular flexibility index (Phi) is 1.75. The van der Waals surface area contributed by atoms with E-state index in [0.29, 0.717) is 0 Å². The van der Waals surface area contributed by atoms with Gasteiger partial charge in [-0.15, -0.1) is 0 Å². The predicted octanol–water partition coefficient (Wildman–Crippen LogP) is 2.19. The number of hydrogen-bond donors (Lipinski definition) is 0. The molecule has 0 aromatic carbocycles. The minimum Gasteiger partial charge on any atom is -0.264 e. The van der Waals surface area contributed by atoms with Crippen LogP contribution in [-0.4, -0.2) is 4.98 Å². The third-order valence-corrected chi connectivity index (χ3v) is 1.44. The molecular formula is C9H12N. The molecule has 1 aromatic rings. The zero-order chi connectivity index (χ0) is 7.61. The second-order valence-electron chi connectivity index (χ2n) is 3.13. The molecule has 0 amide bonds.